The minimum Gasteiger partial charge on any atom is -0.443 e. The Balaban J connectivity index is 0.000000145. The fourth-order valence-electron chi connectivity index (χ4n) is 15.9. The molecule has 0 saturated heterocycles. The van der Waals surface area contributed by atoms with Crippen LogP contribution in [-0.2, 0) is 47.7 Å². The van der Waals surface area contributed by atoms with Gasteiger partial charge in [-0.2, -0.15) is 9.97 Å². The van der Waals surface area contributed by atoms with E-state index in [2.05, 4.69) is 294 Å². The number of para-hydroxylation sites is 7. The number of hydrogen-bond acceptors (Lipinski definition) is 12. The first-order valence-corrected chi connectivity index (χ1v) is 38.0. The van der Waals surface area contributed by atoms with Crippen LogP contribution in [0, 0.1) is 0 Å². The summed E-state index contributed by atoms with van der Waals surface area (Å²) in [5.41, 5.74) is 20.9. The molecule has 11 aromatic carbocycles. The van der Waals surface area contributed by atoms with Crippen molar-refractivity contribution in [2.24, 2.45) is 14.1 Å². The van der Waals surface area contributed by atoms with E-state index < -0.39 is 17.9 Å². The van der Waals surface area contributed by atoms with Crippen LogP contribution >= 0.6 is 0 Å². The molecule has 0 fully saturated rings. The van der Waals surface area contributed by atoms with Crippen molar-refractivity contribution in [1.29, 1.82) is 0 Å². The Kier molecular flexibility index (Phi) is 16.0. The third kappa shape index (κ3) is 10.4. The molecular formula is C87H60Co2N14O3Si2. The van der Waals surface area contributed by atoms with Crippen molar-refractivity contribution >= 4 is 179 Å². The maximum Gasteiger partial charge on any atom is 0.309 e. The Morgan fingerprint density at radius 3 is 1.76 bits per heavy atom. The molecule has 2 aliphatic rings. The second-order valence-corrected chi connectivity index (χ2v) is 31.2. The van der Waals surface area contributed by atoms with E-state index in [0.29, 0.717) is 17.6 Å². The maximum atomic E-state index is 6.87. The number of aromatic nitrogens is 10. The summed E-state index contributed by atoms with van der Waals surface area (Å²) in [6.45, 7) is 0. The van der Waals surface area contributed by atoms with Gasteiger partial charge in [-0.15, -0.1) is 0 Å². The van der Waals surface area contributed by atoms with Gasteiger partial charge in [-0.25, -0.2) is 29.4 Å². The van der Waals surface area contributed by atoms with Gasteiger partial charge in [0.1, 0.15) is 33.4 Å². The largest absolute Gasteiger partial charge is 0.443 e. The molecule has 2 aliphatic heterocycles. The zero-order valence-corrected chi connectivity index (χ0v) is 62.2. The van der Waals surface area contributed by atoms with Gasteiger partial charge in [0.05, 0.1) is 68.6 Å². The standard InChI is InChI=1S/C44H34N9OSi.C43H26N5O2Si.2Co/c1-49-26-30(39-43(49)50(2)27-45-39)31-22-24-37-42(47-31)52(36-21-13-12-20-35(36)51(37)3)44-48-40-38(54-44)25-23-33-41(40)53(34-19-11-10-18-32(34)46-33)55(28-14-6-4-7-15-28)29-16-8-5-9-17-29;1-3-12-27(13-4-1)51(28-14-5-2-6-15-28)48-36-20-10-8-16-29(36)31-23-25-38-40(41(31)48)46-43(50-38)47-35-19-9-7-17-30(35)32-22-24-34(45-42(32)47)33-18-11-21-37-39(33)44-26-49-37;;/h4-27,46H,1-3H3;1-26H;;. The number of oxazole rings is 3. The number of nitrogens with zero attached hydrogens (tertiary/aromatic N) is 13. The van der Waals surface area contributed by atoms with Crippen molar-refractivity contribution in [3.8, 4) is 28.5 Å². The first-order chi connectivity index (χ1) is 52.3. The zero-order valence-electron chi connectivity index (χ0n) is 58.1. The third-order valence-electron chi connectivity index (χ3n) is 20.5. The van der Waals surface area contributed by atoms with Gasteiger partial charge in [-0.05, 0) is 112 Å². The molecule has 0 atom stereocenters. The fraction of sp³-hybridized carbons (Fsp3) is 0.0345. The van der Waals surface area contributed by atoms with E-state index in [9.17, 15) is 0 Å². The molecule has 4 radical (unpaired) electrons. The molecule has 21 heteroatoms. The molecule has 0 aliphatic carbocycles. The Labute approximate surface area is 642 Å². The molecule has 108 heavy (non-hydrogen) atoms. The molecule has 0 amide bonds. The summed E-state index contributed by atoms with van der Waals surface area (Å²) >= 11 is 0. The monoisotopic (exact) mass is 1520 g/mol. The molecular weight excluding hydrogens is 1460 g/mol. The number of imidazole rings is 1. The van der Waals surface area contributed by atoms with E-state index in [1.54, 1.807) is 0 Å². The van der Waals surface area contributed by atoms with Gasteiger partial charge in [-0.3, -0.25) is 0 Å². The molecule has 22 rings (SSSR count). The van der Waals surface area contributed by atoms with E-state index in [-0.39, 0.29) is 33.6 Å². The second kappa shape index (κ2) is 26.3. The normalized spacial score (nSPS) is 12.4. The van der Waals surface area contributed by atoms with Crippen LogP contribution in [0.1, 0.15) is 0 Å². The van der Waals surface area contributed by atoms with Gasteiger partial charge in [0, 0.05) is 99.1 Å². The molecule has 20 aromatic rings. The smallest absolute Gasteiger partial charge is 0.309 e. The maximum absolute atomic E-state index is 6.87. The van der Waals surface area contributed by atoms with Crippen LogP contribution in [0.4, 0.5) is 51.6 Å². The SMILES string of the molecule is CN1c2ccccc2N(c2nc3c4c(ccc3o2)Nc2ccccc2N4[Si](c2ccccc2)c2ccccc2)c2nc(-c3cn(C)c4c3[n-]c[n+]4C)ccc21.[Co].[Co].c1ccc([Si](c2ccccc2)n2c3ccccc3c3ccc4oc(-n5c6ccccc6c6ccc(-c7cccc8ocnc78)nc65)nc4c32)cc1. The predicted octanol–water partition coefficient (Wildman–Crippen LogP) is 16.6. The predicted molar refractivity (Wildman–Crippen MR) is 426 cm³/mol. The minimum atomic E-state index is -1.61. The fourth-order valence-corrected chi connectivity index (χ4v) is 21.4. The number of nitrogens with one attached hydrogen (secondary N) is 1. The number of anilines is 9. The van der Waals surface area contributed by atoms with Gasteiger partial charge in [-0.1, -0.05) is 194 Å². The molecule has 17 nitrogen and oxygen atoms in total. The van der Waals surface area contributed by atoms with Crippen LogP contribution in [0.25, 0.3) is 117 Å². The summed E-state index contributed by atoms with van der Waals surface area (Å²) in [4.78, 5) is 34.9. The number of aryl methyl sites for hydroxylation is 2. The molecule has 522 valence electrons. The molecule has 1 N–H and O–H groups in total. The number of fused-ring (bicyclic) bond motifs is 16. The van der Waals surface area contributed by atoms with Crippen LogP contribution < -0.4 is 50.0 Å². The Hall–Kier alpha value is -12.9. The zero-order chi connectivity index (χ0) is 70.3. The van der Waals surface area contributed by atoms with Crippen LogP contribution in [0.5, 0.6) is 0 Å². The second-order valence-electron chi connectivity index (χ2n) is 26.6. The Morgan fingerprint density at radius 1 is 0.444 bits per heavy atom. The van der Waals surface area contributed by atoms with Crippen LogP contribution in [-0.4, -0.2) is 63.3 Å². The average molecular weight is 1520 g/mol. The number of hydrogen-bond donors (Lipinski definition) is 1. The number of benzene rings is 11. The van der Waals surface area contributed by atoms with Crippen molar-refractivity contribution < 1.29 is 51.4 Å². The summed E-state index contributed by atoms with van der Waals surface area (Å²) in [6, 6.07) is 101. The van der Waals surface area contributed by atoms with Gasteiger partial charge >= 0.3 is 12.0 Å². The van der Waals surface area contributed by atoms with Gasteiger partial charge in [0.25, 0.3) is 0 Å². The van der Waals surface area contributed by atoms with Crippen LogP contribution in [0.15, 0.2) is 317 Å². The third-order valence-corrected chi connectivity index (χ3v) is 25.9. The first-order valence-electron chi connectivity index (χ1n) is 35.1. The molecule has 0 bridgehead atoms. The van der Waals surface area contributed by atoms with E-state index in [1.165, 1.54) is 38.0 Å². The van der Waals surface area contributed by atoms with Gasteiger partial charge in [0.2, 0.25) is 17.9 Å². The Bertz CT molecular complexity index is 6800. The Morgan fingerprint density at radius 2 is 1.03 bits per heavy atom. The van der Waals surface area contributed by atoms with Crippen molar-refractivity contribution in [2.75, 3.05) is 26.7 Å². The van der Waals surface area contributed by atoms with Crippen molar-refractivity contribution in [2.45, 2.75) is 0 Å². The van der Waals surface area contributed by atoms with Crippen molar-refractivity contribution in [3.05, 3.63) is 304 Å². The van der Waals surface area contributed by atoms with E-state index in [1.807, 2.05) is 67.5 Å². The van der Waals surface area contributed by atoms with E-state index in [0.717, 1.165) is 140 Å². The average Bonchev–Trinajstić information content (AvgIpc) is 1.51. The summed E-state index contributed by atoms with van der Waals surface area (Å²) < 4.78 is 30.5. The van der Waals surface area contributed by atoms with E-state index >= 15 is 0 Å². The van der Waals surface area contributed by atoms with Crippen molar-refractivity contribution in [3.63, 3.8) is 0 Å². The van der Waals surface area contributed by atoms with Crippen LogP contribution in [0.3, 0.4) is 0 Å². The molecule has 9 aromatic heterocycles. The number of rotatable bonds is 10. The molecule has 0 saturated carbocycles. The van der Waals surface area contributed by atoms with Gasteiger partial charge < -0.3 is 41.4 Å². The van der Waals surface area contributed by atoms with Gasteiger partial charge in [0.15, 0.2) is 29.0 Å². The summed E-state index contributed by atoms with van der Waals surface area (Å²) in [5, 5.41) is 13.3. The molecule has 0 unspecified atom stereocenters. The molecule has 0 spiro atoms. The van der Waals surface area contributed by atoms with Crippen LogP contribution in [0.2, 0.25) is 0 Å². The van der Waals surface area contributed by atoms with Crippen molar-refractivity contribution in [1.82, 2.24) is 43.3 Å². The van der Waals surface area contributed by atoms with E-state index in [4.69, 9.17) is 38.2 Å². The topological polar surface area (TPSA) is 158 Å². The summed E-state index contributed by atoms with van der Waals surface area (Å²) in [5.74, 6) is 0.728. The quantitative estimate of drug-likeness (QED) is 0.102. The molecule has 11 heterocycles. The first kappa shape index (κ1) is 65.9. The minimum absolute atomic E-state index is 0. The number of pyridine rings is 2. The summed E-state index contributed by atoms with van der Waals surface area (Å²) in [6.07, 6.45) is 5.42. The summed E-state index contributed by atoms with van der Waals surface area (Å²) in [7, 11) is 2.99.